The van der Waals surface area contributed by atoms with E-state index in [1.54, 1.807) is 0 Å². The average Bonchev–Trinajstić information content (AvgIpc) is 3.33. The van der Waals surface area contributed by atoms with Crippen LogP contribution in [0.15, 0.2) is 49.6 Å². The van der Waals surface area contributed by atoms with Crippen molar-refractivity contribution < 1.29 is 28.6 Å². The summed E-state index contributed by atoms with van der Waals surface area (Å²) in [5.41, 5.74) is 0. The number of ether oxygens (including phenoxy) is 3. The monoisotopic (exact) mass is 939 g/mol. The van der Waals surface area contributed by atoms with E-state index in [2.05, 4.69) is 37.5 Å². The molecule has 2 rings (SSSR count). The Kier molecular flexibility index (Phi) is 55.4. The lowest BCUT2D eigenvalue weighted by atomic mass is 10.1. The molecular weight excluding hydrogens is 829 g/mol. The van der Waals surface area contributed by atoms with Crippen molar-refractivity contribution in [3.05, 3.63) is 49.6 Å². The normalized spacial score (nSPS) is 18.6. The second kappa shape index (κ2) is 57.7. The zero-order chi connectivity index (χ0) is 48.5. The first-order valence-corrected chi connectivity index (χ1v) is 29.1. The van der Waals surface area contributed by atoms with Gasteiger partial charge in [-0.05, 0) is 116 Å². The summed E-state index contributed by atoms with van der Waals surface area (Å²) in [6.45, 7) is 9.34. The van der Waals surface area contributed by atoms with Crippen molar-refractivity contribution in [3.8, 4) is 0 Å². The van der Waals surface area contributed by atoms with Gasteiger partial charge in [-0.1, -0.05) is 203 Å². The molecule has 0 aromatic rings. The highest BCUT2D eigenvalue weighted by Gasteiger charge is 2.05. The Labute approximate surface area is 416 Å². The number of carbonyl (C=O) groups is 3. The predicted molar refractivity (Wildman–Crippen MR) is 289 cm³/mol. The van der Waals surface area contributed by atoms with Crippen molar-refractivity contribution >= 4 is 17.9 Å². The van der Waals surface area contributed by atoms with Crippen LogP contribution in [-0.4, -0.2) is 37.7 Å². The third-order valence-electron chi connectivity index (χ3n) is 13.0. The van der Waals surface area contributed by atoms with Crippen LogP contribution in [0.5, 0.6) is 0 Å². The summed E-state index contributed by atoms with van der Waals surface area (Å²) >= 11 is 0. The second-order valence-electron chi connectivity index (χ2n) is 19.6. The molecule has 2 aliphatic heterocycles. The summed E-state index contributed by atoms with van der Waals surface area (Å²) in [7, 11) is 0. The Morgan fingerprint density at radius 3 is 1.07 bits per heavy atom. The minimum atomic E-state index is -0.00826. The number of allylic oxidation sites excluding steroid dienone is 6. The molecule has 67 heavy (non-hydrogen) atoms. The number of cyclic esters (lactones) is 2. The Bertz CT molecular complexity index is 1130. The van der Waals surface area contributed by atoms with Gasteiger partial charge in [0.15, 0.2) is 0 Å². The van der Waals surface area contributed by atoms with Crippen LogP contribution < -0.4 is 0 Å². The molecule has 0 atom stereocenters. The standard InChI is InChI=1S/C22H40O2.C20H36O2.C19H34O2/c1-3-5-7-9-11-13-15-17-19-21-24-22(23)20-18-16-14-12-10-8-6-4-2;21-20-18-16-14-12-10-8-6-4-2-1-3-5-7-9-11-13-15-17-19-22-20;20-19-17-15-13-11-9-7-5-3-1-2-4-6-8-10-12-14-16-18-21-19/h3-4H,1-2,5-21H2;1-2H,3-19H2;1,3H,2,4-18H2/b;;3-1-. The lowest BCUT2D eigenvalue weighted by Crippen LogP contribution is -2.05. The van der Waals surface area contributed by atoms with Gasteiger partial charge in [0.1, 0.15) is 0 Å². The minimum Gasteiger partial charge on any atom is -0.466 e. The third-order valence-corrected chi connectivity index (χ3v) is 13.0. The second-order valence-corrected chi connectivity index (χ2v) is 19.6. The third kappa shape index (κ3) is 57.6. The van der Waals surface area contributed by atoms with Crippen molar-refractivity contribution in [2.24, 2.45) is 0 Å². The van der Waals surface area contributed by atoms with Gasteiger partial charge in [-0.3, -0.25) is 14.4 Å². The smallest absolute Gasteiger partial charge is 0.305 e. The zero-order valence-corrected chi connectivity index (χ0v) is 44.2. The highest BCUT2D eigenvalue weighted by Crippen LogP contribution is 2.15. The SMILES string of the molecule is C=CCCCCCCCCCOC(=O)CCCCCCCCC=C.O=C1CCCCCCC/C=C\CCCCCCCCCO1.O=C1CCCCCCCCC=CCCCCCCCCCO1. The first-order chi connectivity index (χ1) is 33.1. The molecule has 0 saturated carbocycles. The maximum absolute atomic E-state index is 11.6. The van der Waals surface area contributed by atoms with Gasteiger partial charge in [-0.25, -0.2) is 0 Å². The van der Waals surface area contributed by atoms with E-state index in [0.717, 1.165) is 57.8 Å². The summed E-state index contributed by atoms with van der Waals surface area (Å²) in [6.07, 6.45) is 69.6. The van der Waals surface area contributed by atoms with Crippen molar-refractivity contribution in [1.29, 1.82) is 0 Å². The van der Waals surface area contributed by atoms with Gasteiger partial charge in [0.25, 0.3) is 0 Å². The molecule has 0 radical (unpaired) electrons. The molecule has 0 spiro atoms. The van der Waals surface area contributed by atoms with E-state index in [1.807, 2.05) is 12.2 Å². The quantitative estimate of drug-likeness (QED) is 0.0556. The zero-order valence-electron chi connectivity index (χ0n) is 44.2. The van der Waals surface area contributed by atoms with Crippen LogP contribution in [0.1, 0.15) is 302 Å². The summed E-state index contributed by atoms with van der Waals surface area (Å²) < 4.78 is 15.9. The average molecular weight is 940 g/mol. The first kappa shape index (κ1) is 64.4. The van der Waals surface area contributed by atoms with Gasteiger partial charge >= 0.3 is 17.9 Å². The largest absolute Gasteiger partial charge is 0.466 e. The fraction of sp³-hybridized carbons (Fsp3) is 0.820. The van der Waals surface area contributed by atoms with E-state index in [9.17, 15) is 14.4 Å². The van der Waals surface area contributed by atoms with Crippen LogP contribution in [0, 0.1) is 0 Å². The van der Waals surface area contributed by atoms with Gasteiger partial charge in [0.05, 0.1) is 19.8 Å². The highest BCUT2D eigenvalue weighted by atomic mass is 16.5. The molecule has 0 aliphatic carbocycles. The lowest BCUT2D eigenvalue weighted by molar-refractivity contribution is -0.144. The lowest BCUT2D eigenvalue weighted by Gasteiger charge is -2.05. The summed E-state index contributed by atoms with van der Waals surface area (Å²) in [6, 6.07) is 0. The molecule has 2 aliphatic rings. The first-order valence-electron chi connectivity index (χ1n) is 29.1. The van der Waals surface area contributed by atoms with Gasteiger partial charge in [-0.15, -0.1) is 13.2 Å². The van der Waals surface area contributed by atoms with Crippen LogP contribution in [0.25, 0.3) is 0 Å². The summed E-state index contributed by atoms with van der Waals surface area (Å²) in [4.78, 5) is 34.7. The molecule has 390 valence electrons. The van der Waals surface area contributed by atoms with Gasteiger partial charge in [-0.2, -0.15) is 0 Å². The van der Waals surface area contributed by atoms with E-state index >= 15 is 0 Å². The van der Waals surface area contributed by atoms with Crippen molar-refractivity contribution in [2.75, 3.05) is 19.8 Å². The van der Waals surface area contributed by atoms with E-state index in [1.165, 1.54) is 225 Å². The molecular formula is C61H110O6. The van der Waals surface area contributed by atoms with E-state index in [-0.39, 0.29) is 17.9 Å². The Morgan fingerprint density at radius 2 is 0.701 bits per heavy atom. The molecule has 0 saturated heterocycles. The van der Waals surface area contributed by atoms with Gasteiger partial charge in [0.2, 0.25) is 0 Å². The van der Waals surface area contributed by atoms with Gasteiger partial charge in [0, 0.05) is 19.3 Å². The molecule has 0 unspecified atom stereocenters. The number of unbranched alkanes of at least 4 members (excludes halogenated alkanes) is 13. The maximum Gasteiger partial charge on any atom is 0.305 e. The minimum absolute atomic E-state index is 0.00679. The molecule has 0 fully saturated rings. The maximum atomic E-state index is 11.6. The predicted octanol–water partition coefficient (Wildman–Crippen LogP) is 19.4. The number of hydrogen-bond donors (Lipinski definition) is 0. The molecule has 0 bridgehead atoms. The van der Waals surface area contributed by atoms with Crippen LogP contribution >= 0.6 is 0 Å². The van der Waals surface area contributed by atoms with Gasteiger partial charge < -0.3 is 14.2 Å². The number of rotatable bonds is 19. The fourth-order valence-corrected chi connectivity index (χ4v) is 8.58. The van der Waals surface area contributed by atoms with Crippen LogP contribution in [0.2, 0.25) is 0 Å². The molecule has 6 heteroatoms. The Balaban J connectivity index is 0.000000977. The van der Waals surface area contributed by atoms with E-state index < -0.39 is 0 Å². The Morgan fingerprint density at radius 1 is 0.403 bits per heavy atom. The van der Waals surface area contributed by atoms with Crippen LogP contribution in [-0.2, 0) is 28.6 Å². The molecule has 2 heterocycles. The molecule has 0 amide bonds. The fourth-order valence-electron chi connectivity index (χ4n) is 8.58. The number of hydrogen-bond acceptors (Lipinski definition) is 6. The summed E-state index contributed by atoms with van der Waals surface area (Å²) in [5, 5.41) is 0. The van der Waals surface area contributed by atoms with Crippen molar-refractivity contribution in [3.63, 3.8) is 0 Å². The molecule has 6 nitrogen and oxygen atoms in total. The van der Waals surface area contributed by atoms with Crippen molar-refractivity contribution in [2.45, 2.75) is 302 Å². The highest BCUT2D eigenvalue weighted by molar-refractivity contribution is 5.69. The Hall–Kier alpha value is -2.63. The van der Waals surface area contributed by atoms with Crippen molar-refractivity contribution in [1.82, 2.24) is 0 Å². The van der Waals surface area contributed by atoms with E-state index in [0.29, 0.717) is 39.1 Å². The number of esters is 3. The van der Waals surface area contributed by atoms with E-state index in [4.69, 9.17) is 14.2 Å². The molecule has 0 N–H and O–H groups in total. The molecule has 0 aromatic carbocycles. The number of carbonyl (C=O) groups excluding carboxylic acids is 3. The molecule has 0 aromatic heterocycles. The summed E-state index contributed by atoms with van der Waals surface area (Å²) in [5.74, 6) is 0.00875. The van der Waals surface area contributed by atoms with Crippen LogP contribution in [0.4, 0.5) is 0 Å². The topological polar surface area (TPSA) is 78.9 Å². The van der Waals surface area contributed by atoms with Crippen LogP contribution in [0.3, 0.4) is 0 Å².